The van der Waals surface area contributed by atoms with E-state index >= 15 is 0 Å². The highest BCUT2D eigenvalue weighted by Gasteiger charge is 2.51. The van der Waals surface area contributed by atoms with E-state index in [2.05, 4.69) is 109 Å². The predicted molar refractivity (Wildman–Crippen MR) is 135 cm³/mol. The van der Waals surface area contributed by atoms with Gasteiger partial charge in [0.2, 0.25) is 0 Å². The minimum atomic E-state index is -0.388. The van der Waals surface area contributed by atoms with Gasteiger partial charge < -0.3 is 9.31 Å². The fraction of sp³-hybridized carbons (Fsp3) is 0.286. The van der Waals surface area contributed by atoms with Crippen LogP contribution in [-0.2, 0) is 9.31 Å². The predicted octanol–water partition coefficient (Wildman–Crippen LogP) is 6.79. The number of benzene rings is 3. The maximum absolute atomic E-state index is 6.34. The molecule has 0 bridgehead atoms. The molecule has 0 atom stereocenters. The molecule has 0 unspecified atom stereocenters. The zero-order valence-electron chi connectivity index (χ0n) is 19.5. The van der Waals surface area contributed by atoms with E-state index in [-0.39, 0.29) is 18.3 Å². The summed E-state index contributed by atoms with van der Waals surface area (Å²) in [7, 11) is -0.388. The lowest BCUT2D eigenvalue weighted by Crippen LogP contribution is -2.41. The lowest BCUT2D eigenvalue weighted by molar-refractivity contribution is 0.00578. The van der Waals surface area contributed by atoms with Gasteiger partial charge in [0, 0.05) is 0 Å². The van der Waals surface area contributed by atoms with E-state index in [0.29, 0.717) is 0 Å². The zero-order chi connectivity index (χ0) is 22.4. The molecular formula is C28H31BO2. The first-order chi connectivity index (χ1) is 14.7. The maximum Gasteiger partial charge on any atom is 0.494 e. The van der Waals surface area contributed by atoms with E-state index in [1.807, 2.05) is 6.08 Å². The standard InChI is InChI=1S/C28H31BO2/c1-8-13-23-19(3)26(20-14-11-10-12-15-20)25-18-21(16-17-24(25)22(23)9-2)29-30-27(4,5)28(6,7)31-29/h8-18H,2H2,1,3-7H3/b13-8-. The summed E-state index contributed by atoms with van der Waals surface area (Å²) >= 11 is 0. The highest BCUT2D eigenvalue weighted by atomic mass is 16.7. The second-order valence-electron chi connectivity index (χ2n) is 9.29. The fourth-order valence-corrected chi connectivity index (χ4v) is 4.39. The Bertz CT molecular complexity index is 1160. The molecule has 0 N–H and O–H groups in total. The van der Waals surface area contributed by atoms with Crippen molar-refractivity contribution < 1.29 is 9.31 Å². The van der Waals surface area contributed by atoms with Gasteiger partial charge in [-0.2, -0.15) is 0 Å². The van der Waals surface area contributed by atoms with Gasteiger partial charge in [-0.1, -0.05) is 73.3 Å². The van der Waals surface area contributed by atoms with E-state index in [9.17, 15) is 0 Å². The normalized spacial score (nSPS) is 17.5. The van der Waals surface area contributed by atoms with Gasteiger partial charge in [-0.25, -0.2) is 0 Å². The Labute approximate surface area is 186 Å². The maximum atomic E-state index is 6.34. The molecule has 0 aliphatic carbocycles. The fourth-order valence-electron chi connectivity index (χ4n) is 4.39. The number of hydrogen-bond acceptors (Lipinski definition) is 2. The SMILES string of the molecule is C=Cc1c(/C=C\C)c(C)c(-c2ccccc2)c2cc(B3OC(C)(C)C(C)(C)O3)ccc12. The van der Waals surface area contributed by atoms with Crippen LogP contribution in [0.3, 0.4) is 0 Å². The van der Waals surface area contributed by atoms with E-state index in [4.69, 9.17) is 9.31 Å². The molecular weight excluding hydrogens is 379 g/mol. The van der Waals surface area contributed by atoms with E-state index in [1.165, 1.54) is 33.0 Å². The molecule has 3 aromatic carbocycles. The molecule has 1 fully saturated rings. The van der Waals surface area contributed by atoms with Crippen LogP contribution in [0, 0.1) is 6.92 Å². The van der Waals surface area contributed by atoms with Crippen LogP contribution in [0.2, 0.25) is 0 Å². The number of hydrogen-bond donors (Lipinski definition) is 0. The first-order valence-corrected chi connectivity index (χ1v) is 11.0. The molecule has 0 spiro atoms. The molecule has 1 saturated heterocycles. The summed E-state index contributed by atoms with van der Waals surface area (Å²) in [6.45, 7) is 16.7. The minimum absolute atomic E-state index is 0.368. The van der Waals surface area contributed by atoms with E-state index in [1.54, 1.807) is 0 Å². The quantitative estimate of drug-likeness (QED) is 0.441. The van der Waals surface area contributed by atoms with Crippen molar-refractivity contribution in [1.29, 1.82) is 0 Å². The molecule has 1 aliphatic heterocycles. The molecule has 0 aromatic heterocycles. The topological polar surface area (TPSA) is 18.5 Å². The summed E-state index contributed by atoms with van der Waals surface area (Å²) in [6.07, 6.45) is 6.24. The summed E-state index contributed by atoms with van der Waals surface area (Å²) in [5.74, 6) is 0. The van der Waals surface area contributed by atoms with Crippen LogP contribution in [0.5, 0.6) is 0 Å². The first kappa shape index (κ1) is 21.6. The third-order valence-corrected chi connectivity index (χ3v) is 6.80. The monoisotopic (exact) mass is 410 g/mol. The molecule has 0 radical (unpaired) electrons. The van der Waals surface area contributed by atoms with Crippen molar-refractivity contribution in [2.24, 2.45) is 0 Å². The summed E-state index contributed by atoms with van der Waals surface area (Å²) in [4.78, 5) is 0. The molecule has 1 aliphatic rings. The molecule has 1 heterocycles. The van der Waals surface area contributed by atoms with Crippen molar-refractivity contribution in [2.75, 3.05) is 0 Å². The van der Waals surface area contributed by atoms with Gasteiger partial charge in [-0.05, 0) is 85.6 Å². The Morgan fingerprint density at radius 3 is 2.10 bits per heavy atom. The molecule has 3 heteroatoms. The lowest BCUT2D eigenvalue weighted by atomic mass is 9.76. The molecule has 3 aromatic rings. The van der Waals surface area contributed by atoms with Gasteiger partial charge >= 0.3 is 7.12 Å². The summed E-state index contributed by atoms with van der Waals surface area (Å²) in [6, 6.07) is 17.1. The van der Waals surface area contributed by atoms with Crippen molar-refractivity contribution in [3.8, 4) is 11.1 Å². The van der Waals surface area contributed by atoms with Crippen molar-refractivity contribution in [3.05, 3.63) is 77.9 Å². The Hall–Kier alpha value is -2.62. The average molecular weight is 410 g/mol. The minimum Gasteiger partial charge on any atom is -0.399 e. The molecule has 2 nitrogen and oxygen atoms in total. The third kappa shape index (κ3) is 3.56. The van der Waals surface area contributed by atoms with Gasteiger partial charge in [0.1, 0.15) is 0 Å². The molecule has 158 valence electrons. The second kappa shape index (κ2) is 7.82. The second-order valence-corrected chi connectivity index (χ2v) is 9.29. The van der Waals surface area contributed by atoms with Gasteiger partial charge in [0.25, 0.3) is 0 Å². The Balaban J connectivity index is 2.00. The molecule has 0 amide bonds. The molecule has 31 heavy (non-hydrogen) atoms. The van der Waals surface area contributed by atoms with Gasteiger partial charge in [-0.15, -0.1) is 0 Å². The third-order valence-electron chi connectivity index (χ3n) is 6.80. The summed E-state index contributed by atoms with van der Waals surface area (Å²) < 4.78 is 12.7. The van der Waals surface area contributed by atoms with Crippen LogP contribution in [0.1, 0.15) is 51.3 Å². The van der Waals surface area contributed by atoms with Crippen molar-refractivity contribution in [1.82, 2.24) is 0 Å². The van der Waals surface area contributed by atoms with Crippen LogP contribution in [-0.4, -0.2) is 18.3 Å². The summed E-state index contributed by atoms with van der Waals surface area (Å²) in [5.41, 5.74) is 6.37. The largest absolute Gasteiger partial charge is 0.494 e. The number of rotatable bonds is 4. The van der Waals surface area contributed by atoms with Gasteiger partial charge in [0.05, 0.1) is 11.2 Å². The average Bonchev–Trinajstić information content (AvgIpc) is 2.96. The van der Waals surface area contributed by atoms with Crippen LogP contribution >= 0.6 is 0 Å². The van der Waals surface area contributed by atoms with Crippen molar-refractivity contribution in [3.63, 3.8) is 0 Å². The van der Waals surface area contributed by atoms with Gasteiger partial charge in [-0.3, -0.25) is 0 Å². The number of fused-ring (bicyclic) bond motifs is 1. The van der Waals surface area contributed by atoms with Crippen LogP contribution in [0.4, 0.5) is 0 Å². The first-order valence-electron chi connectivity index (χ1n) is 11.0. The van der Waals surface area contributed by atoms with Crippen LogP contribution < -0.4 is 5.46 Å². The zero-order valence-corrected chi connectivity index (χ0v) is 19.5. The Kier molecular flexibility index (Phi) is 5.45. The highest BCUT2D eigenvalue weighted by molar-refractivity contribution is 6.62. The molecule has 4 rings (SSSR count). The summed E-state index contributed by atoms with van der Waals surface area (Å²) in [5, 5.41) is 2.38. The lowest BCUT2D eigenvalue weighted by Gasteiger charge is -2.32. The van der Waals surface area contributed by atoms with E-state index < -0.39 is 0 Å². The Morgan fingerprint density at radius 1 is 0.871 bits per heavy atom. The van der Waals surface area contributed by atoms with Crippen molar-refractivity contribution in [2.45, 2.75) is 52.7 Å². The van der Waals surface area contributed by atoms with Crippen LogP contribution in [0.15, 0.2) is 61.2 Å². The van der Waals surface area contributed by atoms with Crippen molar-refractivity contribution >= 4 is 35.5 Å². The van der Waals surface area contributed by atoms with Gasteiger partial charge in [0.15, 0.2) is 0 Å². The van der Waals surface area contributed by atoms with Crippen LogP contribution in [0.25, 0.3) is 34.1 Å². The smallest absolute Gasteiger partial charge is 0.399 e. The molecule has 0 saturated carbocycles. The van der Waals surface area contributed by atoms with E-state index in [0.717, 1.165) is 11.0 Å². The number of allylic oxidation sites excluding steroid dienone is 1. The Morgan fingerprint density at radius 2 is 1.52 bits per heavy atom. The highest BCUT2D eigenvalue weighted by Crippen LogP contribution is 2.40.